The Kier molecular flexibility index (Phi) is 7.66. The number of nitrogens with zero attached hydrogens (tertiary/aromatic N) is 1. The highest BCUT2D eigenvalue weighted by atomic mass is 33.1. The predicted octanol–water partition coefficient (Wildman–Crippen LogP) is 6.10. The third-order valence-corrected chi connectivity index (χ3v) is 6.87. The summed E-state index contributed by atoms with van der Waals surface area (Å²) < 4.78 is 7.63. The minimum Gasteiger partial charge on any atom is -0.497 e. The van der Waals surface area contributed by atoms with Gasteiger partial charge < -0.3 is 4.74 Å². The molecule has 0 N–H and O–H groups in total. The van der Waals surface area contributed by atoms with Crippen molar-refractivity contribution < 1.29 is 9.30 Å². The molecule has 0 saturated heterocycles. The molecule has 3 rings (SSSR count). The second-order valence-electron chi connectivity index (χ2n) is 6.27. The quantitative estimate of drug-likeness (QED) is 0.246. The second-order valence-corrected chi connectivity index (χ2v) is 8.97. The van der Waals surface area contributed by atoms with E-state index in [0.717, 1.165) is 18.0 Å². The summed E-state index contributed by atoms with van der Waals surface area (Å²) in [6, 6.07) is 19.1. The van der Waals surface area contributed by atoms with E-state index >= 15 is 0 Å². The van der Waals surface area contributed by atoms with Gasteiger partial charge in [-0.05, 0) is 53.1 Å². The Morgan fingerprint density at radius 3 is 2.59 bits per heavy atom. The largest absolute Gasteiger partial charge is 0.497 e. The lowest BCUT2D eigenvalue weighted by atomic mass is 10.1. The Hall–Kier alpha value is -1.91. The van der Waals surface area contributed by atoms with Crippen molar-refractivity contribution in [3.05, 3.63) is 72.1 Å². The summed E-state index contributed by atoms with van der Waals surface area (Å²) in [4.78, 5) is 0. The molecule has 0 spiro atoms. The zero-order valence-electron chi connectivity index (χ0n) is 15.9. The Labute approximate surface area is 170 Å². The van der Waals surface area contributed by atoms with Gasteiger partial charge in [0.15, 0.2) is 12.7 Å². The number of aromatic nitrogens is 1. The van der Waals surface area contributed by atoms with E-state index in [1.807, 2.05) is 27.7 Å². The van der Waals surface area contributed by atoms with Crippen LogP contribution in [0.4, 0.5) is 0 Å². The molecule has 1 heterocycles. The van der Waals surface area contributed by atoms with E-state index in [0.29, 0.717) is 0 Å². The molecule has 4 heteroatoms. The molecule has 0 fully saturated rings. The normalized spacial score (nSPS) is 11.3. The van der Waals surface area contributed by atoms with Crippen LogP contribution in [0.25, 0.3) is 22.9 Å². The maximum absolute atomic E-state index is 5.30. The third-order valence-electron chi connectivity index (χ3n) is 4.28. The van der Waals surface area contributed by atoms with Crippen molar-refractivity contribution in [1.29, 1.82) is 0 Å². The zero-order chi connectivity index (χ0) is 18.9. The van der Waals surface area contributed by atoms with E-state index in [1.54, 1.807) is 7.11 Å². The molecule has 0 atom stereocenters. The molecule has 140 valence electrons. The minimum absolute atomic E-state index is 0.895. The molecule has 0 bridgehead atoms. The number of fused-ring (bicyclic) bond motifs is 1. The lowest BCUT2D eigenvalue weighted by molar-refractivity contribution is -0.694. The molecule has 0 aliphatic heterocycles. The molecule has 1 aromatic heterocycles. The smallest absolute Gasteiger partial charge is 0.205 e. The SMILES string of the molecule is CCCSSCC[n+]1ccccc1/C=C/c1ccc2cc(OC)ccc2c1. The number of pyridine rings is 1. The summed E-state index contributed by atoms with van der Waals surface area (Å²) in [5.74, 6) is 3.24. The van der Waals surface area contributed by atoms with Gasteiger partial charge >= 0.3 is 0 Å². The van der Waals surface area contributed by atoms with Crippen LogP contribution in [-0.4, -0.2) is 18.6 Å². The summed E-state index contributed by atoms with van der Waals surface area (Å²) in [6.45, 7) is 3.26. The Morgan fingerprint density at radius 1 is 0.926 bits per heavy atom. The fourth-order valence-corrected chi connectivity index (χ4v) is 4.94. The van der Waals surface area contributed by atoms with Gasteiger partial charge in [0.1, 0.15) is 5.75 Å². The topological polar surface area (TPSA) is 13.1 Å². The summed E-state index contributed by atoms with van der Waals surface area (Å²) >= 11 is 0. The molecule has 0 radical (unpaired) electrons. The first-order valence-electron chi connectivity index (χ1n) is 9.29. The van der Waals surface area contributed by atoms with Gasteiger partial charge in [-0.1, -0.05) is 46.7 Å². The van der Waals surface area contributed by atoms with Crippen LogP contribution in [-0.2, 0) is 6.54 Å². The van der Waals surface area contributed by atoms with Crippen LogP contribution in [0.3, 0.4) is 0 Å². The van der Waals surface area contributed by atoms with Crippen LogP contribution in [0.5, 0.6) is 5.75 Å². The Morgan fingerprint density at radius 2 is 1.74 bits per heavy atom. The van der Waals surface area contributed by atoms with Crippen LogP contribution in [0.15, 0.2) is 60.8 Å². The molecular formula is C23H26NOS2+. The first kappa shape index (κ1) is 19.8. The van der Waals surface area contributed by atoms with Crippen molar-refractivity contribution in [1.82, 2.24) is 0 Å². The van der Waals surface area contributed by atoms with E-state index in [2.05, 4.69) is 78.4 Å². The van der Waals surface area contributed by atoms with Crippen molar-refractivity contribution in [3.8, 4) is 5.75 Å². The van der Waals surface area contributed by atoms with Crippen molar-refractivity contribution in [3.63, 3.8) is 0 Å². The number of aryl methyl sites for hydroxylation is 1. The van der Waals surface area contributed by atoms with Crippen molar-refractivity contribution >= 4 is 44.5 Å². The van der Waals surface area contributed by atoms with E-state index in [-0.39, 0.29) is 0 Å². The van der Waals surface area contributed by atoms with Crippen molar-refractivity contribution in [2.24, 2.45) is 0 Å². The summed E-state index contributed by atoms with van der Waals surface area (Å²) in [6.07, 6.45) is 7.79. The van der Waals surface area contributed by atoms with Crippen LogP contribution < -0.4 is 9.30 Å². The van der Waals surface area contributed by atoms with Gasteiger partial charge in [0, 0.05) is 24.0 Å². The molecule has 27 heavy (non-hydrogen) atoms. The van der Waals surface area contributed by atoms with E-state index in [9.17, 15) is 0 Å². The zero-order valence-corrected chi connectivity index (χ0v) is 17.6. The number of hydrogen-bond acceptors (Lipinski definition) is 3. The highest BCUT2D eigenvalue weighted by Gasteiger charge is 2.06. The summed E-state index contributed by atoms with van der Waals surface area (Å²) in [5.41, 5.74) is 2.43. The van der Waals surface area contributed by atoms with E-state index in [1.165, 1.54) is 34.2 Å². The highest BCUT2D eigenvalue weighted by Crippen LogP contribution is 2.23. The van der Waals surface area contributed by atoms with Gasteiger partial charge in [0.25, 0.3) is 0 Å². The number of hydrogen-bond donors (Lipinski definition) is 0. The minimum atomic E-state index is 0.895. The van der Waals surface area contributed by atoms with Crippen molar-refractivity contribution in [2.45, 2.75) is 19.9 Å². The Bertz CT molecular complexity index is 908. The van der Waals surface area contributed by atoms with Crippen LogP contribution in [0.1, 0.15) is 24.6 Å². The molecule has 0 aliphatic rings. The van der Waals surface area contributed by atoms with E-state index in [4.69, 9.17) is 4.74 Å². The second kappa shape index (κ2) is 10.4. The predicted molar refractivity (Wildman–Crippen MR) is 121 cm³/mol. The van der Waals surface area contributed by atoms with Gasteiger partial charge in [-0.25, -0.2) is 0 Å². The van der Waals surface area contributed by atoms with Gasteiger partial charge in [0.05, 0.1) is 12.9 Å². The molecule has 2 nitrogen and oxygen atoms in total. The first-order valence-corrected chi connectivity index (χ1v) is 11.8. The van der Waals surface area contributed by atoms with Gasteiger partial charge in [-0.2, -0.15) is 4.57 Å². The monoisotopic (exact) mass is 396 g/mol. The number of rotatable bonds is 9. The fourth-order valence-electron chi connectivity index (χ4n) is 2.84. The highest BCUT2D eigenvalue weighted by molar-refractivity contribution is 8.76. The van der Waals surface area contributed by atoms with Gasteiger partial charge in [0.2, 0.25) is 5.69 Å². The number of benzene rings is 2. The van der Waals surface area contributed by atoms with Crippen LogP contribution >= 0.6 is 21.6 Å². The van der Waals surface area contributed by atoms with Crippen molar-refractivity contribution in [2.75, 3.05) is 18.6 Å². The van der Waals surface area contributed by atoms with Gasteiger partial charge in [-0.3, -0.25) is 0 Å². The maximum Gasteiger partial charge on any atom is 0.205 e. The van der Waals surface area contributed by atoms with Crippen LogP contribution in [0, 0.1) is 0 Å². The average molecular weight is 397 g/mol. The van der Waals surface area contributed by atoms with E-state index < -0.39 is 0 Å². The summed E-state index contributed by atoms with van der Waals surface area (Å²) in [5, 5.41) is 2.42. The standard InChI is InChI=1S/C23H26NOS2/c1-3-15-26-27-16-14-24-13-5-4-6-22(24)11-8-19-7-9-21-18-23(25-2)12-10-20(21)17-19/h4-13,17-18H,3,14-16H2,1-2H3/q+1/b11-8+. The number of methoxy groups -OCH3 is 1. The molecule has 2 aromatic carbocycles. The van der Waals surface area contributed by atoms with Gasteiger partial charge in [-0.15, -0.1) is 0 Å². The number of ether oxygens (including phenoxy) is 1. The molecule has 0 unspecified atom stereocenters. The average Bonchev–Trinajstić information content (AvgIpc) is 2.72. The first-order chi connectivity index (χ1) is 13.3. The maximum atomic E-state index is 5.30. The lowest BCUT2D eigenvalue weighted by Crippen LogP contribution is -2.37. The third kappa shape index (κ3) is 5.78. The Balaban J connectivity index is 1.71. The molecule has 0 aliphatic carbocycles. The van der Waals surface area contributed by atoms with Crippen LogP contribution in [0.2, 0.25) is 0 Å². The molecule has 3 aromatic rings. The summed E-state index contributed by atoms with van der Waals surface area (Å²) in [7, 11) is 5.63. The molecule has 0 amide bonds. The lowest BCUT2D eigenvalue weighted by Gasteiger charge is -2.04. The molecule has 0 saturated carbocycles. The molecular weight excluding hydrogens is 370 g/mol. The fraction of sp³-hybridized carbons (Fsp3) is 0.261.